The molecule has 2 heterocycles. The number of hydrogen-bond acceptors (Lipinski definition) is 5. The molecule has 0 amide bonds. The Bertz CT molecular complexity index is 1120. The van der Waals surface area contributed by atoms with E-state index in [0.29, 0.717) is 29.3 Å². The lowest BCUT2D eigenvalue weighted by molar-refractivity contribution is 0.334. The minimum Gasteiger partial charge on any atom is -0.494 e. The summed E-state index contributed by atoms with van der Waals surface area (Å²) in [6.07, 6.45) is 11.2. The first kappa shape index (κ1) is 20.6. The number of benzene rings is 1. The lowest BCUT2D eigenvalue weighted by atomic mass is 9.80. The predicted octanol–water partition coefficient (Wildman–Crippen LogP) is 5.55. The van der Waals surface area contributed by atoms with Crippen molar-refractivity contribution in [3.8, 4) is 22.9 Å². The maximum absolute atomic E-state index is 9.31. The third-order valence-corrected chi connectivity index (χ3v) is 6.78. The Morgan fingerprint density at radius 2 is 1.94 bits per heavy atom. The van der Waals surface area contributed by atoms with Gasteiger partial charge < -0.3 is 10.1 Å². The molecule has 2 aliphatic rings. The molecule has 2 aliphatic carbocycles. The van der Waals surface area contributed by atoms with Crippen molar-refractivity contribution in [1.29, 1.82) is 5.26 Å². The number of hydrogen-bond donors (Lipinski definition) is 1. The molecular weight excluding hydrogens is 398 g/mol. The number of nitrogens with one attached hydrogen (secondary N) is 1. The predicted molar refractivity (Wildman–Crippen MR) is 125 cm³/mol. The van der Waals surface area contributed by atoms with E-state index in [9.17, 15) is 5.26 Å². The first-order valence-electron chi connectivity index (χ1n) is 11.6. The SMILES string of the molecule is COc1ccc([C@H]2CC[C@H](CNc3cccc(-c4cnn(C5CC5)c4)c3)CC2)nc1C#N. The van der Waals surface area contributed by atoms with Gasteiger partial charge in [0.05, 0.1) is 19.3 Å². The number of methoxy groups -OCH3 is 1. The first-order valence-corrected chi connectivity index (χ1v) is 11.6. The molecule has 0 atom stereocenters. The van der Waals surface area contributed by atoms with Crippen molar-refractivity contribution in [2.24, 2.45) is 5.92 Å². The molecule has 164 valence electrons. The second-order valence-corrected chi connectivity index (χ2v) is 9.02. The number of aromatic nitrogens is 3. The summed E-state index contributed by atoms with van der Waals surface area (Å²) in [7, 11) is 1.58. The van der Waals surface area contributed by atoms with Crippen LogP contribution < -0.4 is 10.1 Å². The zero-order valence-corrected chi connectivity index (χ0v) is 18.5. The molecule has 2 saturated carbocycles. The van der Waals surface area contributed by atoms with Gasteiger partial charge in [-0.2, -0.15) is 10.4 Å². The average molecular weight is 428 g/mol. The molecule has 0 bridgehead atoms. The Hall–Kier alpha value is -3.33. The van der Waals surface area contributed by atoms with Crippen LogP contribution in [0, 0.1) is 17.2 Å². The summed E-state index contributed by atoms with van der Waals surface area (Å²) in [5, 5.41) is 17.5. The summed E-state index contributed by atoms with van der Waals surface area (Å²) in [6, 6.07) is 15.3. The van der Waals surface area contributed by atoms with Gasteiger partial charge >= 0.3 is 0 Å². The van der Waals surface area contributed by atoms with Crippen LogP contribution in [0.2, 0.25) is 0 Å². The Morgan fingerprint density at radius 3 is 2.69 bits per heavy atom. The highest BCUT2D eigenvalue weighted by molar-refractivity contribution is 5.67. The van der Waals surface area contributed by atoms with Crippen LogP contribution in [0.4, 0.5) is 5.69 Å². The molecule has 1 aromatic carbocycles. The fraction of sp³-hybridized carbons (Fsp3) is 0.423. The van der Waals surface area contributed by atoms with Crippen LogP contribution in [-0.2, 0) is 0 Å². The highest BCUT2D eigenvalue weighted by Gasteiger charge is 2.25. The molecule has 6 nitrogen and oxygen atoms in total. The largest absolute Gasteiger partial charge is 0.494 e. The minimum absolute atomic E-state index is 0.386. The van der Waals surface area contributed by atoms with Gasteiger partial charge in [-0.25, -0.2) is 4.98 Å². The molecule has 3 aromatic rings. The van der Waals surface area contributed by atoms with E-state index in [0.717, 1.165) is 25.1 Å². The molecule has 6 heteroatoms. The molecule has 1 N–H and O–H groups in total. The van der Waals surface area contributed by atoms with Crippen LogP contribution >= 0.6 is 0 Å². The fourth-order valence-electron chi connectivity index (χ4n) is 4.69. The molecule has 2 fully saturated rings. The number of ether oxygens (including phenoxy) is 1. The topological polar surface area (TPSA) is 75.8 Å². The summed E-state index contributed by atoms with van der Waals surface area (Å²) in [6.45, 7) is 0.983. The Morgan fingerprint density at radius 1 is 1.09 bits per heavy atom. The highest BCUT2D eigenvalue weighted by atomic mass is 16.5. The van der Waals surface area contributed by atoms with Crippen LogP contribution in [0.5, 0.6) is 5.75 Å². The molecule has 0 unspecified atom stereocenters. The van der Waals surface area contributed by atoms with Crippen LogP contribution in [0.3, 0.4) is 0 Å². The number of anilines is 1. The van der Waals surface area contributed by atoms with Gasteiger partial charge in [0.25, 0.3) is 0 Å². The number of nitrogens with zero attached hydrogens (tertiary/aromatic N) is 4. The lowest BCUT2D eigenvalue weighted by Gasteiger charge is -2.28. The van der Waals surface area contributed by atoms with Crippen molar-refractivity contribution in [1.82, 2.24) is 14.8 Å². The number of nitriles is 1. The van der Waals surface area contributed by atoms with Crippen molar-refractivity contribution < 1.29 is 4.74 Å². The highest BCUT2D eigenvalue weighted by Crippen LogP contribution is 2.37. The molecule has 32 heavy (non-hydrogen) atoms. The summed E-state index contributed by atoms with van der Waals surface area (Å²) >= 11 is 0. The fourth-order valence-corrected chi connectivity index (χ4v) is 4.69. The standard InChI is InChI=1S/C26H29N5O/c1-32-26-12-11-24(30-25(26)14-27)19-7-5-18(6-8-19)15-28-22-4-2-3-20(13-22)21-16-29-31(17-21)23-9-10-23/h2-4,11-13,16-19,23,28H,5-10,15H2,1H3/t18-,19-. The Balaban J connectivity index is 1.15. The molecule has 0 radical (unpaired) electrons. The Kier molecular flexibility index (Phi) is 5.81. The van der Waals surface area contributed by atoms with E-state index >= 15 is 0 Å². The van der Waals surface area contributed by atoms with Crippen molar-refractivity contribution in [2.75, 3.05) is 19.0 Å². The van der Waals surface area contributed by atoms with Gasteiger partial charge in [-0.1, -0.05) is 12.1 Å². The monoisotopic (exact) mass is 427 g/mol. The zero-order valence-electron chi connectivity index (χ0n) is 18.5. The van der Waals surface area contributed by atoms with E-state index in [4.69, 9.17) is 4.74 Å². The van der Waals surface area contributed by atoms with Crippen LogP contribution in [0.15, 0.2) is 48.8 Å². The Labute approximate surface area is 189 Å². The van der Waals surface area contributed by atoms with Crippen molar-refractivity contribution >= 4 is 5.69 Å². The molecule has 0 spiro atoms. The van der Waals surface area contributed by atoms with E-state index in [1.807, 2.05) is 18.3 Å². The van der Waals surface area contributed by atoms with Gasteiger partial charge in [-0.3, -0.25) is 4.68 Å². The maximum atomic E-state index is 9.31. The third kappa shape index (κ3) is 4.47. The summed E-state index contributed by atoms with van der Waals surface area (Å²) in [5.74, 6) is 1.63. The van der Waals surface area contributed by atoms with E-state index in [2.05, 4.69) is 56.6 Å². The minimum atomic E-state index is 0.386. The summed E-state index contributed by atoms with van der Waals surface area (Å²) in [4.78, 5) is 4.55. The number of rotatable bonds is 7. The lowest BCUT2D eigenvalue weighted by Crippen LogP contribution is -2.21. The van der Waals surface area contributed by atoms with E-state index < -0.39 is 0 Å². The van der Waals surface area contributed by atoms with Gasteiger partial charge in [0, 0.05) is 35.6 Å². The summed E-state index contributed by atoms with van der Waals surface area (Å²) < 4.78 is 7.32. The molecule has 0 saturated heterocycles. The maximum Gasteiger partial charge on any atom is 0.182 e. The average Bonchev–Trinajstić information content (AvgIpc) is 3.59. The van der Waals surface area contributed by atoms with E-state index in [1.54, 1.807) is 7.11 Å². The normalized spacial score (nSPS) is 20.5. The van der Waals surface area contributed by atoms with Crippen molar-refractivity contribution in [3.63, 3.8) is 0 Å². The van der Waals surface area contributed by atoms with Gasteiger partial charge in [0.15, 0.2) is 11.4 Å². The summed E-state index contributed by atoms with van der Waals surface area (Å²) in [5.41, 5.74) is 4.97. The van der Waals surface area contributed by atoms with E-state index in [1.165, 1.54) is 42.5 Å². The first-order chi connectivity index (χ1) is 15.7. The quantitative estimate of drug-likeness (QED) is 0.535. The third-order valence-electron chi connectivity index (χ3n) is 6.78. The van der Waals surface area contributed by atoms with E-state index in [-0.39, 0.29) is 0 Å². The van der Waals surface area contributed by atoms with Gasteiger partial charge in [0.1, 0.15) is 6.07 Å². The van der Waals surface area contributed by atoms with Gasteiger partial charge in [0.2, 0.25) is 0 Å². The number of pyridine rings is 1. The van der Waals surface area contributed by atoms with Crippen LogP contribution in [-0.4, -0.2) is 28.4 Å². The van der Waals surface area contributed by atoms with Crippen molar-refractivity contribution in [3.05, 3.63) is 60.2 Å². The molecule has 0 aliphatic heterocycles. The zero-order chi connectivity index (χ0) is 21.9. The van der Waals surface area contributed by atoms with Gasteiger partial charge in [-0.15, -0.1) is 0 Å². The van der Waals surface area contributed by atoms with Crippen LogP contribution in [0.1, 0.15) is 61.9 Å². The smallest absolute Gasteiger partial charge is 0.182 e. The molecule has 5 rings (SSSR count). The van der Waals surface area contributed by atoms with Crippen LogP contribution in [0.25, 0.3) is 11.1 Å². The molecular formula is C26H29N5O. The second-order valence-electron chi connectivity index (χ2n) is 9.02. The van der Waals surface area contributed by atoms with Gasteiger partial charge in [-0.05, 0) is 74.3 Å². The van der Waals surface area contributed by atoms with Crippen molar-refractivity contribution in [2.45, 2.75) is 50.5 Å². The molecule has 2 aromatic heterocycles. The second kappa shape index (κ2) is 9.04.